The summed E-state index contributed by atoms with van der Waals surface area (Å²) in [6.45, 7) is 0.172. The minimum atomic E-state index is -0.521. The van der Waals surface area contributed by atoms with Crippen LogP contribution in [-0.2, 0) is 6.54 Å². The van der Waals surface area contributed by atoms with Crippen molar-refractivity contribution in [3.8, 4) is 16.9 Å². The number of pyridine rings is 1. The number of hydrogen-bond donors (Lipinski definition) is 1. The van der Waals surface area contributed by atoms with Crippen molar-refractivity contribution in [1.29, 1.82) is 0 Å². The van der Waals surface area contributed by atoms with E-state index in [1.54, 1.807) is 42.6 Å². The van der Waals surface area contributed by atoms with Gasteiger partial charge in [0.2, 0.25) is 0 Å². The molecule has 0 aliphatic rings. The molecule has 0 atom stereocenters. The first kappa shape index (κ1) is 15.3. The number of aromatic nitrogens is 1. The molecule has 2 aromatic carbocycles. The summed E-state index contributed by atoms with van der Waals surface area (Å²) in [4.78, 5) is 12.1. The van der Waals surface area contributed by atoms with Gasteiger partial charge in [-0.15, -0.1) is 0 Å². The fourth-order valence-corrected chi connectivity index (χ4v) is 2.50. The second-order valence-electron chi connectivity index (χ2n) is 5.18. The first-order chi connectivity index (χ1) is 11.0. The van der Waals surface area contributed by atoms with E-state index in [0.717, 1.165) is 5.56 Å². The highest BCUT2D eigenvalue weighted by Gasteiger charge is 2.08. The van der Waals surface area contributed by atoms with E-state index in [-0.39, 0.29) is 18.1 Å². The van der Waals surface area contributed by atoms with E-state index in [9.17, 15) is 14.3 Å². The highest BCUT2D eigenvalue weighted by molar-refractivity contribution is 6.30. The molecular weight excluding hydrogens is 317 g/mol. The van der Waals surface area contributed by atoms with Gasteiger partial charge in [0.05, 0.1) is 6.54 Å². The fraction of sp³-hybridized carbons (Fsp3) is 0.0556. The lowest BCUT2D eigenvalue weighted by Crippen LogP contribution is -2.20. The maximum Gasteiger partial charge on any atom is 0.292 e. The van der Waals surface area contributed by atoms with Crippen LogP contribution in [0.4, 0.5) is 4.39 Å². The first-order valence-electron chi connectivity index (χ1n) is 6.97. The number of benzene rings is 2. The van der Waals surface area contributed by atoms with Crippen LogP contribution in [0.25, 0.3) is 11.1 Å². The zero-order chi connectivity index (χ0) is 16.4. The molecule has 0 fully saturated rings. The lowest BCUT2D eigenvalue weighted by molar-refractivity contribution is 0.459. The standard InChI is InChI=1S/C18H13ClFNO2/c19-15-6-4-13(5-7-15)14-9-17(22)18(23)21(11-14)10-12-2-1-3-16(20)8-12/h1-9,11,22H,10H2. The molecule has 0 saturated carbocycles. The van der Waals surface area contributed by atoms with E-state index in [2.05, 4.69) is 0 Å². The average Bonchev–Trinajstić information content (AvgIpc) is 2.52. The SMILES string of the molecule is O=c1c(O)cc(-c2ccc(Cl)cc2)cn1Cc1cccc(F)c1. The summed E-state index contributed by atoms with van der Waals surface area (Å²) < 4.78 is 14.6. The molecule has 1 aromatic heterocycles. The second-order valence-corrected chi connectivity index (χ2v) is 5.62. The van der Waals surface area contributed by atoms with Crippen molar-refractivity contribution in [3.63, 3.8) is 0 Å². The molecule has 0 unspecified atom stereocenters. The Morgan fingerprint density at radius 2 is 1.78 bits per heavy atom. The van der Waals surface area contributed by atoms with Gasteiger partial charge in [0.1, 0.15) is 5.82 Å². The van der Waals surface area contributed by atoms with Crippen molar-refractivity contribution >= 4 is 11.6 Å². The molecule has 0 amide bonds. The summed E-state index contributed by atoms with van der Waals surface area (Å²) in [5.74, 6) is -0.720. The van der Waals surface area contributed by atoms with Crippen LogP contribution >= 0.6 is 11.6 Å². The van der Waals surface area contributed by atoms with Crippen molar-refractivity contribution in [1.82, 2.24) is 4.57 Å². The smallest absolute Gasteiger partial charge is 0.292 e. The van der Waals surface area contributed by atoms with Crippen LogP contribution in [0.3, 0.4) is 0 Å². The summed E-state index contributed by atoms with van der Waals surface area (Å²) >= 11 is 5.87. The molecule has 0 bridgehead atoms. The average molecular weight is 330 g/mol. The Labute approximate surface area is 137 Å². The van der Waals surface area contributed by atoms with E-state index >= 15 is 0 Å². The molecule has 3 nitrogen and oxygen atoms in total. The van der Waals surface area contributed by atoms with Crippen LogP contribution in [0, 0.1) is 5.82 Å². The Morgan fingerprint density at radius 1 is 1.04 bits per heavy atom. The summed E-state index contributed by atoms with van der Waals surface area (Å²) in [5, 5.41) is 10.5. The van der Waals surface area contributed by atoms with Gasteiger partial charge >= 0.3 is 0 Å². The van der Waals surface area contributed by atoms with Gasteiger partial charge in [0, 0.05) is 16.8 Å². The molecule has 5 heteroatoms. The highest BCUT2D eigenvalue weighted by atomic mass is 35.5. The maximum atomic E-state index is 13.3. The van der Waals surface area contributed by atoms with E-state index in [0.29, 0.717) is 16.1 Å². The van der Waals surface area contributed by atoms with Crippen LogP contribution < -0.4 is 5.56 Å². The third kappa shape index (κ3) is 3.43. The molecule has 23 heavy (non-hydrogen) atoms. The Balaban J connectivity index is 2.03. The Morgan fingerprint density at radius 3 is 2.48 bits per heavy atom. The third-order valence-electron chi connectivity index (χ3n) is 3.49. The number of nitrogens with zero attached hydrogens (tertiary/aromatic N) is 1. The molecule has 1 heterocycles. The Kier molecular flexibility index (Phi) is 4.17. The van der Waals surface area contributed by atoms with E-state index in [1.165, 1.54) is 22.8 Å². The molecule has 0 saturated heterocycles. The maximum absolute atomic E-state index is 13.3. The predicted molar refractivity (Wildman–Crippen MR) is 88.3 cm³/mol. The van der Waals surface area contributed by atoms with Gasteiger partial charge in [-0.2, -0.15) is 0 Å². The van der Waals surface area contributed by atoms with Gasteiger partial charge < -0.3 is 9.67 Å². The monoisotopic (exact) mass is 329 g/mol. The first-order valence-corrected chi connectivity index (χ1v) is 7.34. The van der Waals surface area contributed by atoms with Crippen molar-refractivity contribution in [2.24, 2.45) is 0 Å². The van der Waals surface area contributed by atoms with Gasteiger partial charge in [-0.25, -0.2) is 4.39 Å². The summed E-state index contributed by atoms with van der Waals surface area (Å²) in [6, 6.07) is 14.5. The van der Waals surface area contributed by atoms with E-state index < -0.39 is 5.56 Å². The van der Waals surface area contributed by atoms with Crippen molar-refractivity contribution in [2.75, 3.05) is 0 Å². The van der Waals surface area contributed by atoms with E-state index in [1.807, 2.05) is 0 Å². The van der Waals surface area contributed by atoms with Crippen LogP contribution in [0.5, 0.6) is 5.75 Å². The zero-order valence-electron chi connectivity index (χ0n) is 12.0. The fourth-order valence-electron chi connectivity index (χ4n) is 2.37. The van der Waals surface area contributed by atoms with Gasteiger partial charge in [0.15, 0.2) is 5.75 Å². The lowest BCUT2D eigenvalue weighted by Gasteiger charge is -2.10. The van der Waals surface area contributed by atoms with E-state index in [4.69, 9.17) is 11.6 Å². The quantitative estimate of drug-likeness (QED) is 0.787. The minimum Gasteiger partial charge on any atom is -0.503 e. The largest absolute Gasteiger partial charge is 0.503 e. The lowest BCUT2D eigenvalue weighted by atomic mass is 10.1. The summed E-state index contributed by atoms with van der Waals surface area (Å²) in [7, 11) is 0. The summed E-state index contributed by atoms with van der Waals surface area (Å²) in [5.41, 5.74) is 1.61. The molecule has 3 rings (SSSR count). The van der Waals surface area contributed by atoms with Gasteiger partial charge in [-0.1, -0.05) is 35.9 Å². The molecular formula is C18H13ClFNO2. The number of aromatic hydroxyl groups is 1. The number of rotatable bonds is 3. The van der Waals surface area contributed by atoms with Gasteiger partial charge in [-0.3, -0.25) is 4.79 Å². The van der Waals surface area contributed by atoms with Crippen LogP contribution in [0.15, 0.2) is 65.6 Å². The Bertz CT molecular complexity index is 904. The van der Waals surface area contributed by atoms with Crippen LogP contribution in [-0.4, -0.2) is 9.67 Å². The van der Waals surface area contributed by atoms with Crippen molar-refractivity contribution in [2.45, 2.75) is 6.54 Å². The molecule has 0 aliphatic carbocycles. The van der Waals surface area contributed by atoms with Crippen LogP contribution in [0.2, 0.25) is 5.02 Å². The molecule has 116 valence electrons. The molecule has 1 N–H and O–H groups in total. The predicted octanol–water partition coefficient (Wildman–Crippen LogP) is 4.06. The Hall–Kier alpha value is -2.59. The van der Waals surface area contributed by atoms with Crippen LogP contribution in [0.1, 0.15) is 5.56 Å². The number of hydrogen-bond acceptors (Lipinski definition) is 2. The molecule has 0 spiro atoms. The van der Waals surface area contributed by atoms with Gasteiger partial charge in [-0.05, 0) is 41.5 Å². The third-order valence-corrected chi connectivity index (χ3v) is 3.74. The van der Waals surface area contributed by atoms with Crippen molar-refractivity contribution in [3.05, 3.63) is 87.6 Å². The second kappa shape index (κ2) is 6.26. The summed E-state index contributed by atoms with van der Waals surface area (Å²) in [6.07, 6.45) is 1.64. The van der Waals surface area contributed by atoms with Gasteiger partial charge in [0.25, 0.3) is 5.56 Å². The zero-order valence-corrected chi connectivity index (χ0v) is 12.8. The molecule has 0 aliphatic heterocycles. The van der Waals surface area contributed by atoms with Crippen molar-refractivity contribution < 1.29 is 9.50 Å². The number of halogens is 2. The topological polar surface area (TPSA) is 42.2 Å². The normalized spacial score (nSPS) is 10.7. The highest BCUT2D eigenvalue weighted by Crippen LogP contribution is 2.23. The minimum absolute atomic E-state index is 0.172. The molecule has 3 aromatic rings. The molecule has 0 radical (unpaired) electrons.